The van der Waals surface area contributed by atoms with Crippen molar-refractivity contribution in [1.82, 2.24) is 9.97 Å². The molecular formula is C17H13N3O3S. The molecule has 2 heterocycles. The molecule has 1 amide bonds. The molecule has 0 atom stereocenters. The van der Waals surface area contributed by atoms with Gasteiger partial charge in [0.15, 0.2) is 5.13 Å². The number of nitrogens with zero attached hydrogens (tertiary/aromatic N) is 2. The molecule has 3 rings (SSSR count). The Balaban J connectivity index is 1.82. The summed E-state index contributed by atoms with van der Waals surface area (Å²) in [6.07, 6.45) is 1.68. The molecule has 0 fully saturated rings. The van der Waals surface area contributed by atoms with Crippen LogP contribution in [-0.4, -0.2) is 29.0 Å². The van der Waals surface area contributed by atoms with E-state index < -0.39 is 11.9 Å². The summed E-state index contributed by atoms with van der Waals surface area (Å²) in [5.74, 6) is -0.980. The van der Waals surface area contributed by atoms with E-state index in [0.29, 0.717) is 10.8 Å². The Kier molecular flexibility index (Phi) is 4.62. The number of anilines is 1. The molecule has 1 aromatic carbocycles. The lowest BCUT2D eigenvalue weighted by Crippen LogP contribution is -2.17. The average Bonchev–Trinajstić information content (AvgIpc) is 3.10. The van der Waals surface area contributed by atoms with E-state index in [1.807, 2.05) is 23.6 Å². The van der Waals surface area contributed by atoms with Crippen LogP contribution in [0.3, 0.4) is 0 Å². The van der Waals surface area contributed by atoms with E-state index in [9.17, 15) is 9.59 Å². The maximum atomic E-state index is 12.4. The lowest BCUT2D eigenvalue weighted by Gasteiger charge is -2.06. The first-order chi connectivity index (χ1) is 11.7. The fourth-order valence-corrected chi connectivity index (χ4v) is 2.80. The normalized spacial score (nSPS) is 10.2. The van der Waals surface area contributed by atoms with Gasteiger partial charge in [0.05, 0.1) is 23.9 Å². The topological polar surface area (TPSA) is 81.2 Å². The smallest absolute Gasteiger partial charge is 0.338 e. The number of rotatable bonds is 4. The minimum atomic E-state index is -0.561. The van der Waals surface area contributed by atoms with Crippen molar-refractivity contribution in [3.8, 4) is 11.4 Å². The van der Waals surface area contributed by atoms with E-state index in [1.54, 1.807) is 30.5 Å². The van der Waals surface area contributed by atoms with Crippen LogP contribution in [0.5, 0.6) is 0 Å². The van der Waals surface area contributed by atoms with Gasteiger partial charge in [-0.05, 0) is 24.3 Å². The number of carbonyl (C=O) groups is 2. The van der Waals surface area contributed by atoms with Gasteiger partial charge >= 0.3 is 5.97 Å². The Morgan fingerprint density at radius 1 is 1.04 bits per heavy atom. The zero-order valence-electron chi connectivity index (χ0n) is 12.7. The molecule has 0 radical (unpaired) electrons. The van der Waals surface area contributed by atoms with Crippen molar-refractivity contribution in [3.63, 3.8) is 0 Å². The Morgan fingerprint density at radius 2 is 1.79 bits per heavy atom. The second-order valence-corrected chi connectivity index (χ2v) is 5.60. The molecule has 0 unspecified atom stereocenters. The van der Waals surface area contributed by atoms with Gasteiger partial charge in [-0.25, -0.2) is 9.78 Å². The number of esters is 1. The third-order valence-electron chi connectivity index (χ3n) is 3.23. The summed E-state index contributed by atoms with van der Waals surface area (Å²) in [6.45, 7) is 0. The lowest BCUT2D eigenvalue weighted by molar-refractivity contribution is 0.0597. The molecule has 0 aliphatic rings. The molecule has 2 aromatic heterocycles. The summed E-state index contributed by atoms with van der Waals surface area (Å²) >= 11 is 1.29. The molecule has 0 spiro atoms. The molecule has 24 heavy (non-hydrogen) atoms. The van der Waals surface area contributed by atoms with Crippen LogP contribution < -0.4 is 5.32 Å². The number of ether oxygens (including phenoxy) is 1. The van der Waals surface area contributed by atoms with Gasteiger partial charge in [0.2, 0.25) is 0 Å². The van der Waals surface area contributed by atoms with Crippen molar-refractivity contribution in [2.75, 3.05) is 12.4 Å². The number of benzene rings is 1. The van der Waals surface area contributed by atoms with Crippen LogP contribution in [0.2, 0.25) is 0 Å². The van der Waals surface area contributed by atoms with Crippen LogP contribution in [0.1, 0.15) is 20.7 Å². The van der Waals surface area contributed by atoms with E-state index in [-0.39, 0.29) is 11.1 Å². The van der Waals surface area contributed by atoms with Crippen LogP contribution in [-0.2, 0) is 4.74 Å². The summed E-state index contributed by atoms with van der Waals surface area (Å²) in [6, 6.07) is 12.0. The van der Waals surface area contributed by atoms with Gasteiger partial charge in [0, 0.05) is 11.6 Å². The lowest BCUT2D eigenvalue weighted by atomic mass is 10.1. The quantitative estimate of drug-likeness (QED) is 0.738. The van der Waals surface area contributed by atoms with Gasteiger partial charge in [-0.2, -0.15) is 0 Å². The predicted octanol–water partition coefficient (Wildman–Crippen LogP) is 3.24. The molecule has 1 N–H and O–H groups in total. The van der Waals surface area contributed by atoms with Crippen molar-refractivity contribution in [1.29, 1.82) is 0 Å². The molecule has 0 aliphatic heterocycles. The van der Waals surface area contributed by atoms with Crippen molar-refractivity contribution in [3.05, 3.63) is 65.2 Å². The third kappa shape index (κ3) is 3.31. The van der Waals surface area contributed by atoms with E-state index >= 15 is 0 Å². The number of nitrogens with one attached hydrogen (secondary N) is 1. The summed E-state index contributed by atoms with van der Waals surface area (Å²) in [5, 5.41) is 4.94. The summed E-state index contributed by atoms with van der Waals surface area (Å²) < 4.78 is 4.70. The van der Waals surface area contributed by atoms with Gasteiger partial charge in [-0.1, -0.05) is 18.2 Å². The van der Waals surface area contributed by atoms with Crippen LogP contribution in [0.25, 0.3) is 11.4 Å². The minimum absolute atomic E-state index is 0.207. The number of hydrogen-bond donors (Lipinski definition) is 1. The van der Waals surface area contributed by atoms with Crippen LogP contribution in [0.4, 0.5) is 5.13 Å². The van der Waals surface area contributed by atoms with E-state index in [4.69, 9.17) is 4.74 Å². The first kappa shape index (κ1) is 15.8. The zero-order valence-corrected chi connectivity index (χ0v) is 13.5. The highest BCUT2D eigenvalue weighted by atomic mass is 32.1. The van der Waals surface area contributed by atoms with Crippen molar-refractivity contribution in [2.24, 2.45) is 0 Å². The van der Waals surface area contributed by atoms with Crippen LogP contribution in [0.15, 0.2) is 54.0 Å². The van der Waals surface area contributed by atoms with Gasteiger partial charge in [0.25, 0.3) is 5.91 Å². The number of pyridine rings is 1. The van der Waals surface area contributed by atoms with Crippen molar-refractivity contribution >= 4 is 28.3 Å². The number of thiazole rings is 1. The van der Waals surface area contributed by atoms with Gasteiger partial charge in [-0.15, -0.1) is 11.3 Å². The van der Waals surface area contributed by atoms with Gasteiger partial charge < -0.3 is 4.74 Å². The first-order valence-electron chi connectivity index (χ1n) is 7.04. The number of amides is 1. The maximum absolute atomic E-state index is 12.4. The van der Waals surface area contributed by atoms with Crippen LogP contribution >= 0.6 is 11.3 Å². The zero-order chi connectivity index (χ0) is 16.9. The van der Waals surface area contributed by atoms with Gasteiger partial charge in [0.1, 0.15) is 5.69 Å². The third-order valence-corrected chi connectivity index (χ3v) is 3.99. The Morgan fingerprint density at radius 3 is 2.50 bits per heavy atom. The molecule has 7 heteroatoms. The van der Waals surface area contributed by atoms with Crippen molar-refractivity contribution in [2.45, 2.75) is 0 Å². The monoisotopic (exact) mass is 339 g/mol. The van der Waals surface area contributed by atoms with E-state index in [2.05, 4.69) is 15.3 Å². The molecule has 0 aliphatic carbocycles. The Hall–Kier alpha value is -3.06. The molecular weight excluding hydrogens is 326 g/mol. The summed E-state index contributed by atoms with van der Waals surface area (Å²) in [4.78, 5) is 32.8. The molecule has 6 nitrogen and oxygen atoms in total. The molecule has 0 saturated heterocycles. The Labute approximate surface area is 142 Å². The highest BCUT2D eigenvalue weighted by molar-refractivity contribution is 7.14. The standard InChI is InChI=1S/C17H13N3O3S/c1-23-16(22)12-7-3-2-6-11(12)15(21)20-17-19-14(10-24-17)13-8-4-5-9-18-13/h2-10H,1H3,(H,19,20,21). The van der Waals surface area contributed by atoms with E-state index in [0.717, 1.165) is 5.69 Å². The predicted molar refractivity (Wildman–Crippen MR) is 91.1 cm³/mol. The largest absolute Gasteiger partial charge is 0.465 e. The van der Waals surface area contributed by atoms with E-state index in [1.165, 1.54) is 18.4 Å². The van der Waals surface area contributed by atoms with Crippen molar-refractivity contribution < 1.29 is 14.3 Å². The molecule has 3 aromatic rings. The fourth-order valence-electron chi connectivity index (χ4n) is 2.10. The SMILES string of the molecule is COC(=O)c1ccccc1C(=O)Nc1nc(-c2ccccn2)cs1. The van der Waals surface area contributed by atoms with Crippen LogP contribution in [0, 0.1) is 0 Å². The number of aromatic nitrogens is 2. The molecule has 120 valence electrons. The molecule has 0 bridgehead atoms. The van der Waals surface area contributed by atoms with Gasteiger partial charge in [-0.3, -0.25) is 15.1 Å². The highest BCUT2D eigenvalue weighted by Crippen LogP contribution is 2.24. The Bertz CT molecular complexity index is 878. The second kappa shape index (κ2) is 7.01. The summed E-state index contributed by atoms with van der Waals surface area (Å²) in [7, 11) is 1.27. The average molecular weight is 339 g/mol. The first-order valence-corrected chi connectivity index (χ1v) is 7.92. The fraction of sp³-hybridized carbons (Fsp3) is 0.0588. The highest BCUT2D eigenvalue weighted by Gasteiger charge is 2.18. The number of hydrogen-bond acceptors (Lipinski definition) is 6. The second-order valence-electron chi connectivity index (χ2n) is 4.74. The summed E-state index contributed by atoms with van der Waals surface area (Å²) in [5.41, 5.74) is 1.85. The maximum Gasteiger partial charge on any atom is 0.338 e. The number of methoxy groups -OCH3 is 1. The molecule has 0 saturated carbocycles. The number of carbonyl (C=O) groups excluding carboxylic acids is 2. The minimum Gasteiger partial charge on any atom is -0.465 e.